The average molecular weight is 229 g/mol. The molecule has 6 heteroatoms. The van der Waals surface area contributed by atoms with Crippen molar-refractivity contribution < 1.29 is 9.66 Å². The monoisotopic (exact) mass is 229 g/mol. The van der Waals surface area contributed by atoms with Crippen molar-refractivity contribution in [2.45, 2.75) is 0 Å². The van der Waals surface area contributed by atoms with Gasteiger partial charge in [0.25, 0.3) is 5.69 Å². The molecule has 0 saturated carbocycles. The molecule has 0 N–H and O–H groups in total. The van der Waals surface area contributed by atoms with Crippen LogP contribution in [0.4, 0.5) is 5.69 Å². The van der Waals surface area contributed by atoms with Gasteiger partial charge in [-0.1, -0.05) is 12.1 Å². The number of allylic oxidation sites excluding steroid dienone is 1. The number of rotatable bonds is 3. The van der Waals surface area contributed by atoms with Crippen LogP contribution in [0.5, 0.6) is 0 Å². The Balaban J connectivity index is 3.54. The molecule has 6 nitrogen and oxygen atoms in total. The van der Waals surface area contributed by atoms with Crippen LogP contribution >= 0.6 is 0 Å². The first-order valence-electron chi connectivity index (χ1n) is 4.48. The SMILES string of the molecule is COC(=C(C#N)C#N)c1ccccc1[N+](=O)[O-]. The van der Waals surface area contributed by atoms with Gasteiger partial charge < -0.3 is 4.74 Å². The summed E-state index contributed by atoms with van der Waals surface area (Å²) in [5.74, 6) is -0.0951. The zero-order valence-electron chi connectivity index (χ0n) is 8.88. The Morgan fingerprint density at radius 2 is 1.94 bits per heavy atom. The van der Waals surface area contributed by atoms with Crippen LogP contribution in [0.3, 0.4) is 0 Å². The van der Waals surface area contributed by atoms with Crippen LogP contribution in [-0.2, 0) is 4.74 Å². The molecule has 0 fully saturated rings. The molecule has 1 aromatic carbocycles. The standard InChI is InChI=1S/C11H7N3O3/c1-17-11(8(6-12)7-13)9-4-2-3-5-10(9)14(15)16/h2-5H,1H3. The number of benzene rings is 1. The summed E-state index contributed by atoms with van der Waals surface area (Å²) in [4.78, 5) is 10.2. The van der Waals surface area contributed by atoms with E-state index in [1.54, 1.807) is 18.2 Å². The van der Waals surface area contributed by atoms with E-state index in [-0.39, 0.29) is 22.6 Å². The van der Waals surface area contributed by atoms with Crippen LogP contribution < -0.4 is 0 Å². The maximum absolute atomic E-state index is 10.8. The Morgan fingerprint density at radius 1 is 1.35 bits per heavy atom. The topological polar surface area (TPSA) is 99.9 Å². The zero-order chi connectivity index (χ0) is 12.8. The third-order valence-corrected chi connectivity index (χ3v) is 2.00. The van der Waals surface area contributed by atoms with Gasteiger partial charge in [-0.2, -0.15) is 10.5 Å². The van der Waals surface area contributed by atoms with E-state index in [9.17, 15) is 10.1 Å². The van der Waals surface area contributed by atoms with E-state index in [0.29, 0.717) is 0 Å². The van der Waals surface area contributed by atoms with Gasteiger partial charge >= 0.3 is 0 Å². The molecule has 0 unspecified atom stereocenters. The largest absolute Gasteiger partial charge is 0.494 e. The third-order valence-electron chi connectivity index (χ3n) is 2.00. The Labute approximate surface area is 97.1 Å². The van der Waals surface area contributed by atoms with Crippen LogP contribution in [-0.4, -0.2) is 12.0 Å². The van der Waals surface area contributed by atoms with Gasteiger partial charge in [0.05, 0.1) is 17.6 Å². The van der Waals surface area contributed by atoms with Crippen molar-refractivity contribution >= 4 is 11.4 Å². The maximum Gasteiger partial charge on any atom is 0.280 e. The van der Waals surface area contributed by atoms with E-state index >= 15 is 0 Å². The molecule has 0 aromatic heterocycles. The smallest absolute Gasteiger partial charge is 0.280 e. The van der Waals surface area contributed by atoms with Crippen molar-refractivity contribution in [2.24, 2.45) is 0 Å². The highest BCUT2D eigenvalue weighted by Crippen LogP contribution is 2.28. The highest BCUT2D eigenvalue weighted by molar-refractivity contribution is 5.75. The number of para-hydroxylation sites is 1. The van der Waals surface area contributed by atoms with Crippen molar-refractivity contribution in [3.05, 3.63) is 45.5 Å². The Hall–Kier alpha value is -2.86. The first-order valence-corrected chi connectivity index (χ1v) is 4.48. The summed E-state index contributed by atoms with van der Waals surface area (Å²) in [5.41, 5.74) is -0.410. The first-order chi connectivity index (χ1) is 8.15. The number of nitro groups is 1. The van der Waals surface area contributed by atoms with Gasteiger partial charge in [0.2, 0.25) is 0 Å². The predicted octanol–water partition coefficient (Wildman–Crippen LogP) is 2.00. The molecule has 17 heavy (non-hydrogen) atoms. The number of nitro benzene ring substituents is 1. The molecule has 1 rings (SSSR count). The second-order valence-electron chi connectivity index (χ2n) is 2.91. The van der Waals surface area contributed by atoms with Crippen LogP contribution in [0.2, 0.25) is 0 Å². The number of nitriles is 2. The molecule has 0 heterocycles. The second-order valence-corrected chi connectivity index (χ2v) is 2.91. The van der Waals surface area contributed by atoms with E-state index in [0.717, 1.165) is 0 Å². The maximum atomic E-state index is 10.8. The second kappa shape index (κ2) is 5.29. The fourth-order valence-corrected chi connectivity index (χ4v) is 1.30. The van der Waals surface area contributed by atoms with E-state index in [2.05, 4.69) is 0 Å². The van der Waals surface area contributed by atoms with Crippen molar-refractivity contribution in [2.75, 3.05) is 7.11 Å². The number of hydrogen-bond acceptors (Lipinski definition) is 5. The highest BCUT2D eigenvalue weighted by atomic mass is 16.6. The van der Waals surface area contributed by atoms with Gasteiger partial charge in [-0.15, -0.1) is 0 Å². The average Bonchev–Trinajstić information content (AvgIpc) is 2.35. The van der Waals surface area contributed by atoms with Crippen LogP contribution in [0, 0.1) is 32.8 Å². The lowest BCUT2D eigenvalue weighted by Gasteiger charge is -2.06. The quantitative estimate of drug-likeness (QED) is 0.341. The van der Waals surface area contributed by atoms with E-state index in [1.165, 1.54) is 25.3 Å². The number of methoxy groups -OCH3 is 1. The third kappa shape index (κ3) is 2.39. The minimum atomic E-state index is -0.597. The molecule has 84 valence electrons. The molecule has 0 atom stereocenters. The molecule has 0 spiro atoms. The van der Waals surface area contributed by atoms with Gasteiger partial charge in [-0.25, -0.2) is 0 Å². The van der Waals surface area contributed by atoms with Gasteiger partial charge in [-0.05, 0) is 6.07 Å². The van der Waals surface area contributed by atoms with Gasteiger partial charge in [0.1, 0.15) is 12.1 Å². The summed E-state index contributed by atoms with van der Waals surface area (Å²) >= 11 is 0. The summed E-state index contributed by atoms with van der Waals surface area (Å²) in [6.07, 6.45) is 0. The molecule has 0 aliphatic carbocycles. The van der Waals surface area contributed by atoms with Crippen LogP contribution in [0.1, 0.15) is 5.56 Å². The highest BCUT2D eigenvalue weighted by Gasteiger charge is 2.20. The zero-order valence-corrected chi connectivity index (χ0v) is 8.88. The molecule has 0 aliphatic heterocycles. The minimum Gasteiger partial charge on any atom is -0.494 e. The van der Waals surface area contributed by atoms with E-state index in [1.807, 2.05) is 0 Å². The molecular weight excluding hydrogens is 222 g/mol. The predicted molar refractivity (Wildman–Crippen MR) is 58.3 cm³/mol. The summed E-state index contributed by atoms with van der Waals surface area (Å²) in [6, 6.07) is 9.03. The lowest BCUT2D eigenvalue weighted by Crippen LogP contribution is -1.98. The van der Waals surface area contributed by atoms with Crippen molar-refractivity contribution in [3.63, 3.8) is 0 Å². The van der Waals surface area contributed by atoms with Crippen molar-refractivity contribution in [1.29, 1.82) is 10.5 Å². The Kier molecular flexibility index (Phi) is 3.80. The fourth-order valence-electron chi connectivity index (χ4n) is 1.30. The lowest BCUT2D eigenvalue weighted by molar-refractivity contribution is -0.385. The van der Waals surface area contributed by atoms with Crippen LogP contribution in [0.15, 0.2) is 29.8 Å². The molecule has 0 aliphatic rings. The summed E-state index contributed by atoms with van der Waals surface area (Å²) in [7, 11) is 1.25. The van der Waals surface area contributed by atoms with Gasteiger partial charge in [-0.3, -0.25) is 10.1 Å². The fraction of sp³-hybridized carbons (Fsp3) is 0.0909. The Bertz CT molecular complexity index is 548. The summed E-state index contributed by atoms with van der Waals surface area (Å²) in [5, 5.41) is 28.3. The molecule has 0 saturated heterocycles. The molecular formula is C11H7N3O3. The van der Waals surface area contributed by atoms with Gasteiger partial charge in [0, 0.05) is 6.07 Å². The number of hydrogen-bond donors (Lipinski definition) is 0. The lowest BCUT2D eigenvalue weighted by atomic mass is 10.1. The molecule has 0 bridgehead atoms. The summed E-state index contributed by atoms with van der Waals surface area (Å²) < 4.78 is 4.90. The molecule has 1 aromatic rings. The normalized spacial score (nSPS) is 8.65. The van der Waals surface area contributed by atoms with Crippen molar-refractivity contribution in [3.8, 4) is 12.1 Å². The van der Waals surface area contributed by atoms with Gasteiger partial charge in [0.15, 0.2) is 11.3 Å². The first kappa shape index (κ1) is 12.2. The van der Waals surface area contributed by atoms with Crippen LogP contribution in [0.25, 0.3) is 5.76 Å². The van der Waals surface area contributed by atoms with Crippen molar-refractivity contribution in [1.82, 2.24) is 0 Å². The Morgan fingerprint density at radius 3 is 2.41 bits per heavy atom. The van der Waals surface area contributed by atoms with E-state index < -0.39 is 4.92 Å². The number of ether oxygens (including phenoxy) is 1. The summed E-state index contributed by atoms with van der Waals surface area (Å²) in [6.45, 7) is 0. The molecule has 0 radical (unpaired) electrons. The molecule has 0 amide bonds. The van der Waals surface area contributed by atoms with E-state index in [4.69, 9.17) is 15.3 Å². The number of nitrogens with zero attached hydrogens (tertiary/aromatic N) is 3. The minimum absolute atomic E-state index is 0.0951.